The number of aromatic nitrogens is 3. The molecule has 5 nitrogen and oxygen atoms in total. The number of anilines is 1. The largest absolute Gasteiger partial charge is 0.416 e. The first-order valence-electron chi connectivity index (χ1n) is 5.99. The molecule has 0 spiro atoms. The summed E-state index contributed by atoms with van der Waals surface area (Å²) in [5.41, 5.74) is -0.368. The standard InChI is InChI=1S/C12H9F3N4OS/c13-12(14,15)7-1-2-9-8(5-7)19-11(21-9)16-4-3-10-17-6-18-20-10/h1-2,5-6H,3-4H2,(H,16,19). The van der Waals surface area contributed by atoms with Crippen LogP contribution in [0.5, 0.6) is 0 Å². The van der Waals surface area contributed by atoms with E-state index in [0.717, 1.165) is 12.1 Å². The molecule has 1 aromatic carbocycles. The van der Waals surface area contributed by atoms with Crippen molar-refractivity contribution in [3.05, 3.63) is 36.0 Å². The number of halogens is 3. The van der Waals surface area contributed by atoms with E-state index < -0.39 is 11.7 Å². The second-order valence-corrected chi connectivity index (χ2v) is 5.24. The number of thiazole rings is 1. The van der Waals surface area contributed by atoms with Gasteiger partial charge >= 0.3 is 6.18 Å². The minimum atomic E-state index is -4.36. The summed E-state index contributed by atoms with van der Waals surface area (Å²) in [4.78, 5) is 8.02. The van der Waals surface area contributed by atoms with Gasteiger partial charge in [0.25, 0.3) is 0 Å². The van der Waals surface area contributed by atoms with E-state index in [0.29, 0.717) is 34.2 Å². The van der Waals surface area contributed by atoms with Gasteiger partial charge in [-0.15, -0.1) is 0 Å². The van der Waals surface area contributed by atoms with Crippen molar-refractivity contribution in [3.63, 3.8) is 0 Å². The summed E-state index contributed by atoms with van der Waals surface area (Å²) in [5.74, 6) is 0.489. The third kappa shape index (κ3) is 3.13. The Kier molecular flexibility index (Phi) is 3.50. The number of hydrogen-bond acceptors (Lipinski definition) is 6. The van der Waals surface area contributed by atoms with Crippen LogP contribution < -0.4 is 5.32 Å². The quantitative estimate of drug-likeness (QED) is 0.800. The van der Waals surface area contributed by atoms with Crippen molar-refractivity contribution in [1.82, 2.24) is 15.1 Å². The summed E-state index contributed by atoms with van der Waals surface area (Å²) >= 11 is 1.30. The summed E-state index contributed by atoms with van der Waals surface area (Å²) in [6, 6.07) is 3.54. The van der Waals surface area contributed by atoms with Gasteiger partial charge < -0.3 is 9.84 Å². The fraction of sp³-hybridized carbons (Fsp3) is 0.250. The van der Waals surface area contributed by atoms with Crippen LogP contribution in [0.15, 0.2) is 29.0 Å². The van der Waals surface area contributed by atoms with Gasteiger partial charge in [-0.2, -0.15) is 18.2 Å². The molecule has 1 N–H and O–H groups in total. The third-order valence-corrected chi connectivity index (χ3v) is 3.73. The lowest BCUT2D eigenvalue weighted by Crippen LogP contribution is -2.05. The van der Waals surface area contributed by atoms with Gasteiger partial charge in [-0.25, -0.2) is 4.98 Å². The molecule has 21 heavy (non-hydrogen) atoms. The average molecular weight is 314 g/mol. The summed E-state index contributed by atoms with van der Waals surface area (Å²) in [6.07, 6.45) is -2.53. The molecule has 3 rings (SSSR count). The molecular weight excluding hydrogens is 305 g/mol. The Balaban J connectivity index is 1.72. The van der Waals surface area contributed by atoms with E-state index in [9.17, 15) is 13.2 Å². The molecule has 0 saturated heterocycles. The predicted octanol–water partition coefficient (Wildman–Crippen LogP) is 3.35. The number of alkyl halides is 3. The smallest absolute Gasteiger partial charge is 0.361 e. The minimum Gasteiger partial charge on any atom is -0.361 e. The molecule has 9 heteroatoms. The maximum atomic E-state index is 12.6. The number of rotatable bonds is 4. The fourth-order valence-corrected chi connectivity index (χ4v) is 2.63. The van der Waals surface area contributed by atoms with E-state index in [4.69, 9.17) is 4.52 Å². The van der Waals surface area contributed by atoms with Gasteiger partial charge in [0, 0.05) is 13.0 Å². The van der Waals surface area contributed by atoms with Crippen LogP contribution in [0.4, 0.5) is 18.3 Å². The van der Waals surface area contributed by atoms with E-state index in [1.54, 1.807) is 0 Å². The minimum absolute atomic E-state index is 0.329. The van der Waals surface area contributed by atoms with Gasteiger partial charge in [0.05, 0.1) is 15.8 Å². The Morgan fingerprint density at radius 1 is 1.29 bits per heavy atom. The van der Waals surface area contributed by atoms with E-state index in [1.165, 1.54) is 23.7 Å². The molecule has 0 saturated carbocycles. The van der Waals surface area contributed by atoms with E-state index in [1.807, 2.05) is 0 Å². The van der Waals surface area contributed by atoms with Crippen molar-refractivity contribution < 1.29 is 17.7 Å². The van der Waals surface area contributed by atoms with Gasteiger partial charge in [-0.1, -0.05) is 16.5 Å². The van der Waals surface area contributed by atoms with Crippen LogP contribution in [0.3, 0.4) is 0 Å². The summed E-state index contributed by atoms with van der Waals surface area (Å²) in [6.45, 7) is 0.508. The molecule has 0 bridgehead atoms. The van der Waals surface area contributed by atoms with Crippen LogP contribution in [0.1, 0.15) is 11.5 Å². The molecule has 0 amide bonds. The van der Waals surface area contributed by atoms with E-state index >= 15 is 0 Å². The Morgan fingerprint density at radius 2 is 2.14 bits per heavy atom. The fourth-order valence-electron chi connectivity index (χ4n) is 1.76. The summed E-state index contributed by atoms with van der Waals surface area (Å²) < 4.78 is 43.4. The summed E-state index contributed by atoms with van der Waals surface area (Å²) in [5, 5.41) is 7.07. The summed E-state index contributed by atoms with van der Waals surface area (Å²) in [7, 11) is 0. The monoisotopic (exact) mass is 314 g/mol. The molecule has 2 aromatic heterocycles. The highest BCUT2D eigenvalue weighted by atomic mass is 32.1. The second kappa shape index (κ2) is 5.32. The van der Waals surface area contributed by atoms with Crippen molar-refractivity contribution in [2.75, 3.05) is 11.9 Å². The lowest BCUT2D eigenvalue weighted by molar-refractivity contribution is -0.137. The van der Waals surface area contributed by atoms with Crippen LogP contribution in [0.25, 0.3) is 10.2 Å². The number of hydrogen-bond donors (Lipinski definition) is 1. The Bertz CT molecular complexity index is 739. The van der Waals surface area contributed by atoms with Crippen LogP contribution in [-0.2, 0) is 12.6 Å². The second-order valence-electron chi connectivity index (χ2n) is 4.21. The van der Waals surface area contributed by atoms with Gasteiger partial charge in [0.2, 0.25) is 5.89 Å². The lowest BCUT2D eigenvalue weighted by Gasteiger charge is -2.04. The highest BCUT2D eigenvalue weighted by Gasteiger charge is 2.30. The molecular formula is C12H9F3N4OS. The van der Waals surface area contributed by atoms with Crippen molar-refractivity contribution in [2.24, 2.45) is 0 Å². The van der Waals surface area contributed by atoms with Crippen molar-refractivity contribution >= 4 is 26.7 Å². The Hall–Kier alpha value is -2.16. The molecule has 110 valence electrons. The normalized spacial score (nSPS) is 12.0. The molecule has 3 aromatic rings. The predicted molar refractivity (Wildman–Crippen MR) is 71.1 cm³/mol. The van der Waals surface area contributed by atoms with Gasteiger partial charge in [0.15, 0.2) is 11.5 Å². The Morgan fingerprint density at radius 3 is 2.86 bits per heavy atom. The van der Waals surface area contributed by atoms with Crippen LogP contribution in [0, 0.1) is 0 Å². The van der Waals surface area contributed by atoms with E-state index in [-0.39, 0.29) is 0 Å². The molecule has 0 aliphatic carbocycles. The number of benzene rings is 1. The molecule has 0 aliphatic heterocycles. The first-order chi connectivity index (χ1) is 10.0. The SMILES string of the molecule is FC(F)(F)c1ccc2sc(NCCc3ncno3)nc2c1. The lowest BCUT2D eigenvalue weighted by atomic mass is 10.2. The zero-order valence-electron chi connectivity index (χ0n) is 10.5. The van der Waals surface area contributed by atoms with Crippen molar-refractivity contribution in [1.29, 1.82) is 0 Å². The maximum Gasteiger partial charge on any atom is 0.416 e. The van der Waals surface area contributed by atoms with Crippen LogP contribution in [-0.4, -0.2) is 21.7 Å². The molecule has 2 heterocycles. The van der Waals surface area contributed by atoms with Crippen LogP contribution in [0.2, 0.25) is 0 Å². The highest BCUT2D eigenvalue weighted by molar-refractivity contribution is 7.22. The zero-order chi connectivity index (χ0) is 14.9. The first kappa shape index (κ1) is 13.8. The highest BCUT2D eigenvalue weighted by Crippen LogP contribution is 2.33. The maximum absolute atomic E-state index is 12.6. The molecule has 0 radical (unpaired) electrons. The number of fused-ring (bicyclic) bond motifs is 1. The van der Waals surface area contributed by atoms with Crippen LogP contribution >= 0.6 is 11.3 Å². The third-order valence-electron chi connectivity index (χ3n) is 2.74. The van der Waals surface area contributed by atoms with Crippen molar-refractivity contribution in [2.45, 2.75) is 12.6 Å². The topological polar surface area (TPSA) is 63.8 Å². The zero-order valence-corrected chi connectivity index (χ0v) is 11.3. The number of nitrogens with one attached hydrogen (secondary N) is 1. The van der Waals surface area contributed by atoms with Crippen molar-refractivity contribution in [3.8, 4) is 0 Å². The van der Waals surface area contributed by atoms with Gasteiger partial charge in [-0.05, 0) is 18.2 Å². The average Bonchev–Trinajstić information content (AvgIpc) is 3.05. The molecule has 0 unspecified atom stereocenters. The first-order valence-corrected chi connectivity index (χ1v) is 6.81. The van der Waals surface area contributed by atoms with Gasteiger partial charge in [0.1, 0.15) is 0 Å². The molecule has 0 aliphatic rings. The Labute approximate surface area is 120 Å². The molecule has 0 fully saturated rings. The number of nitrogens with zero attached hydrogens (tertiary/aromatic N) is 3. The molecule has 0 atom stereocenters. The van der Waals surface area contributed by atoms with E-state index in [2.05, 4.69) is 20.4 Å². The van der Waals surface area contributed by atoms with Gasteiger partial charge in [-0.3, -0.25) is 0 Å².